The van der Waals surface area contributed by atoms with Crippen molar-refractivity contribution >= 4 is 28.9 Å². The average molecular weight is 313 g/mol. The van der Waals surface area contributed by atoms with Crippen molar-refractivity contribution in [1.29, 1.82) is 0 Å². The van der Waals surface area contributed by atoms with Gasteiger partial charge in [0, 0.05) is 25.1 Å². The highest BCUT2D eigenvalue weighted by atomic mass is 35.5. The van der Waals surface area contributed by atoms with E-state index in [1.54, 1.807) is 13.1 Å². The minimum atomic E-state index is -0.782. The monoisotopic (exact) mass is 312 g/mol. The fourth-order valence-corrected chi connectivity index (χ4v) is 1.95. The van der Waals surface area contributed by atoms with Crippen LogP contribution < -0.4 is 10.6 Å². The Morgan fingerprint density at radius 1 is 1.10 bits per heavy atom. The minimum absolute atomic E-state index is 0.0199. The number of hydrogen-bond donors (Lipinski definition) is 2. The lowest BCUT2D eigenvalue weighted by Gasteiger charge is -2.13. The van der Waals surface area contributed by atoms with Crippen molar-refractivity contribution in [3.8, 4) is 0 Å². The summed E-state index contributed by atoms with van der Waals surface area (Å²) in [4.78, 5) is 8.60. The molecule has 2 rings (SSSR count). The number of benzene rings is 1. The molecule has 1 aromatic carbocycles. The Labute approximate surface area is 126 Å². The van der Waals surface area contributed by atoms with Crippen LogP contribution in [-0.4, -0.2) is 17.0 Å². The molecule has 0 fully saturated rings. The molecule has 2 aromatic rings. The minimum Gasteiger partial charge on any atom is -0.373 e. The summed E-state index contributed by atoms with van der Waals surface area (Å²) in [6, 6.07) is 3.42. The van der Waals surface area contributed by atoms with Crippen LogP contribution in [0.25, 0.3) is 0 Å². The molecule has 7 heteroatoms. The van der Waals surface area contributed by atoms with Gasteiger partial charge in [0.2, 0.25) is 0 Å². The summed E-state index contributed by atoms with van der Waals surface area (Å²) >= 11 is 5.86. The zero-order valence-electron chi connectivity index (χ0n) is 11.8. The topological polar surface area (TPSA) is 49.8 Å². The lowest BCUT2D eigenvalue weighted by molar-refractivity contribution is 0.586. The number of nitrogens with one attached hydrogen (secondary N) is 2. The summed E-state index contributed by atoms with van der Waals surface area (Å²) in [6.45, 7) is 3.90. The van der Waals surface area contributed by atoms with E-state index in [1.807, 2.05) is 13.8 Å². The third kappa shape index (κ3) is 3.58. The highest BCUT2D eigenvalue weighted by Gasteiger charge is 2.13. The summed E-state index contributed by atoms with van der Waals surface area (Å²) in [7, 11) is 1.72. The summed E-state index contributed by atoms with van der Waals surface area (Å²) in [5.41, 5.74) is -0.0199. The fraction of sp³-hybridized carbons (Fsp3) is 0.286. The predicted octanol–water partition coefficient (Wildman–Crippen LogP) is 4.32. The first kappa shape index (κ1) is 15.4. The average Bonchev–Trinajstić information content (AvgIpc) is 2.42. The molecule has 2 N–H and O–H groups in total. The maximum absolute atomic E-state index is 13.8. The van der Waals surface area contributed by atoms with Gasteiger partial charge in [-0.1, -0.05) is 25.4 Å². The van der Waals surface area contributed by atoms with Crippen LogP contribution in [0.2, 0.25) is 5.02 Å². The highest BCUT2D eigenvalue weighted by molar-refractivity contribution is 6.33. The van der Waals surface area contributed by atoms with Crippen molar-refractivity contribution in [3.63, 3.8) is 0 Å². The second-order valence-corrected chi connectivity index (χ2v) is 5.18. The van der Waals surface area contributed by atoms with Crippen molar-refractivity contribution in [2.24, 2.45) is 0 Å². The molecule has 4 nitrogen and oxygen atoms in total. The molecule has 0 saturated heterocycles. The van der Waals surface area contributed by atoms with Crippen LogP contribution in [0.4, 0.5) is 26.1 Å². The maximum Gasteiger partial charge on any atom is 0.151 e. The number of halogens is 3. The molecular weight excluding hydrogens is 298 g/mol. The van der Waals surface area contributed by atoms with Gasteiger partial charge in [-0.3, -0.25) is 0 Å². The smallest absolute Gasteiger partial charge is 0.151 e. The van der Waals surface area contributed by atoms with E-state index in [4.69, 9.17) is 11.6 Å². The summed E-state index contributed by atoms with van der Waals surface area (Å²) < 4.78 is 26.8. The van der Waals surface area contributed by atoms with Gasteiger partial charge < -0.3 is 10.6 Å². The largest absolute Gasteiger partial charge is 0.373 e. The van der Waals surface area contributed by atoms with Crippen LogP contribution in [-0.2, 0) is 0 Å². The van der Waals surface area contributed by atoms with Gasteiger partial charge in [0.15, 0.2) is 5.82 Å². The molecule has 0 aliphatic rings. The van der Waals surface area contributed by atoms with Crippen LogP contribution in [0, 0.1) is 11.6 Å². The molecule has 0 aliphatic carbocycles. The molecule has 112 valence electrons. The number of aromatic nitrogens is 2. The van der Waals surface area contributed by atoms with E-state index in [2.05, 4.69) is 20.6 Å². The Morgan fingerprint density at radius 2 is 1.76 bits per heavy atom. The number of nitrogens with zero attached hydrogens (tertiary/aromatic N) is 2. The molecule has 0 spiro atoms. The lowest BCUT2D eigenvalue weighted by Crippen LogP contribution is -2.06. The normalized spacial score (nSPS) is 10.8. The van der Waals surface area contributed by atoms with Gasteiger partial charge in [0.25, 0.3) is 0 Å². The molecule has 0 bridgehead atoms. The number of anilines is 3. The second kappa shape index (κ2) is 6.22. The van der Waals surface area contributed by atoms with Crippen LogP contribution in [0.5, 0.6) is 0 Å². The second-order valence-electron chi connectivity index (χ2n) is 4.77. The standard InChI is InChI=1S/C14H15ClF2N4/c1-7(2)14-20-11(18-3)6-12(21-14)19-13-9(15)4-8(16)5-10(13)17/h4-7H,1-3H3,(H2,18,19,20,21). The van der Waals surface area contributed by atoms with Crippen LogP contribution in [0.15, 0.2) is 18.2 Å². The third-order valence-electron chi connectivity index (χ3n) is 2.78. The maximum atomic E-state index is 13.8. The number of hydrogen-bond acceptors (Lipinski definition) is 4. The zero-order valence-corrected chi connectivity index (χ0v) is 12.6. The Kier molecular flexibility index (Phi) is 4.57. The van der Waals surface area contributed by atoms with Gasteiger partial charge in [0.1, 0.15) is 23.3 Å². The van der Waals surface area contributed by atoms with E-state index in [0.29, 0.717) is 17.5 Å². The van der Waals surface area contributed by atoms with Crippen molar-refractivity contribution in [2.45, 2.75) is 19.8 Å². The molecule has 0 atom stereocenters. The third-order valence-corrected chi connectivity index (χ3v) is 3.07. The van der Waals surface area contributed by atoms with E-state index in [9.17, 15) is 8.78 Å². The predicted molar refractivity (Wildman–Crippen MR) is 80.3 cm³/mol. The number of rotatable bonds is 4. The first-order valence-corrected chi connectivity index (χ1v) is 6.76. The zero-order chi connectivity index (χ0) is 15.6. The van der Waals surface area contributed by atoms with Crippen molar-refractivity contribution < 1.29 is 8.78 Å². The van der Waals surface area contributed by atoms with Crippen LogP contribution >= 0.6 is 11.6 Å². The van der Waals surface area contributed by atoms with Gasteiger partial charge in [-0.2, -0.15) is 0 Å². The SMILES string of the molecule is CNc1cc(Nc2c(F)cc(F)cc2Cl)nc(C(C)C)n1. The molecule has 0 radical (unpaired) electrons. The highest BCUT2D eigenvalue weighted by Crippen LogP contribution is 2.29. The van der Waals surface area contributed by atoms with Gasteiger partial charge in [0.05, 0.1) is 10.7 Å². The summed E-state index contributed by atoms with van der Waals surface area (Å²) in [5.74, 6) is 0.163. The first-order chi connectivity index (χ1) is 9.90. The Balaban J connectivity index is 2.42. The van der Waals surface area contributed by atoms with Crippen LogP contribution in [0.3, 0.4) is 0 Å². The first-order valence-electron chi connectivity index (χ1n) is 6.39. The molecule has 0 unspecified atom stereocenters. The molecular formula is C14H15ClF2N4. The lowest BCUT2D eigenvalue weighted by atomic mass is 10.2. The molecule has 0 aliphatic heterocycles. The summed E-state index contributed by atoms with van der Waals surface area (Å²) in [5, 5.41) is 5.63. The van der Waals surface area contributed by atoms with E-state index >= 15 is 0 Å². The van der Waals surface area contributed by atoms with Gasteiger partial charge in [-0.05, 0) is 6.07 Å². The van der Waals surface area contributed by atoms with Gasteiger partial charge in [-0.15, -0.1) is 0 Å². The van der Waals surface area contributed by atoms with E-state index in [1.165, 1.54) is 0 Å². The van der Waals surface area contributed by atoms with E-state index in [-0.39, 0.29) is 16.6 Å². The van der Waals surface area contributed by atoms with E-state index in [0.717, 1.165) is 12.1 Å². The fourth-order valence-electron chi connectivity index (χ4n) is 1.71. The van der Waals surface area contributed by atoms with Gasteiger partial charge in [-0.25, -0.2) is 18.7 Å². The quantitative estimate of drug-likeness (QED) is 0.883. The van der Waals surface area contributed by atoms with Crippen molar-refractivity contribution in [3.05, 3.63) is 40.7 Å². The molecule has 0 amide bonds. The Morgan fingerprint density at radius 3 is 2.33 bits per heavy atom. The molecule has 21 heavy (non-hydrogen) atoms. The van der Waals surface area contributed by atoms with Crippen LogP contribution in [0.1, 0.15) is 25.6 Å². The van der Waals surface area contributed by atoms with Crippen molar-refractivity contribution in [2.75, 3.05) is 17.7 Å². The summed E-state index contributed by atoms with van der Waals surface area (Å²) in [6.07, 6.45) is 0. The molecule has 1 aromatic heterocycles. The van der Waals surface area contributed by atoms with Crippen molar-refractivity contribution in [1.82, 2.24) is 9.97 Å². The Bertz CT molecular complexity index is 638. The van der Waals surface area contributed by atoms with E-state index < -0.39 is 11.6 Å². The molecule has 1 heterocycles. The van der Waals surface area contributed by atoms with Gasteiger partial charge >= 0.3 is 0 Å². The molecule has 0 saturated carbocycles. The Hall–Kier alpha value is -1.95.